The minimum Gasteiger partial charge on any atom is -0.383 e. The first-order valence-electron chi connectivity index (χ1n) is 11.3. The summed E-state index contributed by atoms with van der Waals surface area (Å²) in [6.45, 7) is 2.60. The lowest BCUT2D eigenvalue weighted by Gasteiger charge is -2.30. The number of hydrogen-bond donors (Lipinski definition) is 5. The van der Waals surface area contributed by atoms with Gasteiger partial charge in [-0.3, -0.25) is 15.0 Å². The van der Waals surface area contributed by atoms with Crippen molar-refractivity contribution in [2.75, 3.05) is 25.9 Å². The van der Waals surface area contributed by atoms with Gasteiger partial charge < -0.3 is 21.3 Å². The second-order valence-electron chi connectivity index (χ2n) is 8.80. The number of nitrogens with one attached hydrogen (secondary N) is 4. The molecule has 0 saturated carbocycles. The van der Waals surface area contributed by atoms with E-state index < -0.39 is 22.1 Å². The third-order valence-electron chi connectivity index (χ3n) is 6.18. The number of amides is 2. The second-order valence-corrected chi connectivity index (χ2v) is 11.7. The van der Waals surface area contributed by atoms with Crippen LogP contribution < -0.4 is 21.1 Å². The van der Waals surface area contributed by atoms with E-state index in [1.165, 1.54) is 16.2 Å². The summed E-state index contributed by atoms with van der Waals surface area (Å²) in [4.78, 5) is 29.2. The lowest BCUT2D eigenvalue weighted by molar-refractivity contribution is -0.139. The SMILES string of the molecule is CS(=O)(=O)N[C@H](CCC1CCNCC1)C(=O)N1CCCC1C(=O)NCc1ccc(C(=N)N)s1. The van der Waals surface area contributed by atoms with E-state index in [4.69, 9.17) is 11.1 Å². The molecule has 2 amide bonds. The Kier molecular flexibility index (Phi) is 8.85. The Morgan fingerprint density at radius 1 is 1.30 bits per heavy atom. The molecule has 6 N–H and O–H groups in total. The average Bonchev–Trinajstić information content (AvgIpc) is 3.44. The molecule has 33 heavy (non-hydrogen) atoms. The number of nitrogens with two attached hydrogens (primary N) is 1. The zero-order valence-electron chi connectivity index (χ0n) is 18.9. The molecule has 12 heteroatoms. The molecule has 1 aromatic rings. The second kappa shape index (κ2) is 11.4. The van der Waals surface area contributed by atoms with E-state index in [0.717, 1.165) is 43.5 Å². The molecule has 1 unspecified atom stereocenters. The molecule has 2 aliphatic rings. The zero-order chi connectivity index (χ0) is 24.0. The number of likely N-dealkylation sites (tertiary alicyclic amines) is 1. The minimum absolute atomic E-state index is 0.0148. The summed E-state index contributed by atoms with van der Waals surface area (Å²) >= 11 is 1.34. The van der Waals surface area contributed by atoms with E-state index >= 15 is 0 Å². The van der Waals surface area contributed by atoms with E-state index in [9.17, 15) is 18.0 Å². The molecular weight excluding hydrogens is 464 g/mol. The third kappa shape index (κ3) is 7.49. The number of piperidine rings is 1. The molecule has 2 saturated heterocycles. The highest BCUT2D eigenvalue weighted by molar-refractivity contribution is 7.88. The number of nitrogen functional groups attached to an aromatic ring is 1. The van der Waals surface area contributed by atoms with Crippen LogP contribution in [-0.2, 0) is 26.2 Å². The number of thiophene rings is 1. The van der Waals surface area contributed by atoms with Gasteiger partial charge in [0.05, 0.1) is 17.7 Å². The first-order chi connectivity index (χ1) is 15.6. The summed E-state index contributed by atoms with van der Waals surface area (Å²) in [5, 5.41) is 13.7. The van der Waals surface area contributed by atoms with Gasteiger partial charge in [0.1, 0.15) is 17.9 Å². The summed E-state index contributed by atoms with van der Waals surface area (Å²) < 4.78 is 26.4. The minimum atomic E-state index is -3.58. The Balaban J connectivity index is 1.62. The van der Waals surface area contributed by atoms with Gasteiger partial charge in [-0.1, -0.05) is 0 Å². The highest BCUT2D eigenvalue weighted by Gasteiger charge is 2.38. The normalized spacial score (nSPS) is 20.5. The van der Waals surface area contributed by atoms with Gasteiger partial charge in [0, 0.05) is 11.4 Å². The molecule has 0 aromatic carbocycles. The number of rotatable bonds is 10. The van der Waals surface area contributed by atoms with Crippen molar-refractivity contribution in [1.82, 2.24) is 20.3 Å². The average molecular weight is 499 g/mol. The molecule has 1 aromatic heterocycles. The van der Waals surface area contributed by atoms with Crippen molar-refractivity contribution in [2.24, 2.45) is 11.7 Å². The number of sulfonamides is 1. The lowest BCUT2D eigenvalue weighted by Crippen LogP contribution is -2.53. The van der Waals surface area contributed by atoms with Crippen LogP contribution in [0.3, 0.4) is 0 Å². The Labute approximate surface area is 199 Å². The van der Waals surface area contributed by atoms with Crippen LogP contribution in [0.2, 0.25) is 0 Å². The van der Waals surface area contributed by atoms with Crippen LogP contribution in [0.1, 0.15) is 48.3 Å². The monoisotopic (exact) mass is 498 g/mol. The third-order valence-corrected chi connectivity index (χ3v) is 8.01. The van der Waals surface area contributed by atoms with Crippen LogP contribution >= 0.6 is 11.3 Å². The zero-order valence-corrected chi connectivity index (χ0v) is 20.6. The molecule has 2 atom stereocenters. The van der Waals surface area contributed by atoms with E-state index in [1.807, 2.05) is 6.07 Å². The standard InChI is InChI=1S/C21H34N6O4S2/c1-33(30,31)26-16(6-4-14-8-10-24-11-9-14)21(29)27-12-2-3-17(27)20(28)25-13-15-5-7-18(32-15)19(22)23/h5,7,14,16-17,24,26H,2-4,6,8-13H2,1H3,(H3,22,23)(H,25,28)/t16-,17?/m1/s1. The topological polar surface area (TPSA) is 157 Å². The fraction of sp³-hybridized carbons (Fsp3) is 0.667. The highest BCUT2D eigenvalue weighted by atomic mass is 32.2. The number of amidine groups is 1. The summed E-state index contributed by atoms with van der Waals surface area (Å²) in [5.41, 5.74) is 5.49. The number of nitrogens with zero attached hydrogens (tertiary/aromatic N) is 1. The highest BCUT2D eigenvalue weighted by Crippen LogP contribution is 2.23. The number of carbonyl (C=O) groups excluding carboxylic acids is 2. The molecule has 184 valence electrons. The van der Waals surface area contributed by atoms with Crippen LogP contribution in [0.4, 0.5) is 0 Å². The van der Waals surface area contributed by atoms with Crippen molar-refractivity contribution in [1.29, 1.82) is 5.41 Å². The van der Waals surface area contributed by atoms with Gasteiger partial charge in [0.2, 0.25) is 21.8 Å². The fourth-order valence-electron chi connectivity index (χ4n) is 4.48. The van der Waals surface area contributed by atoms with Gasteiger partial charge in [-0.25, -0.2) is 13.1 Å². The Morgan fingerprint density at radius 3 is 2.67 bits per heavy atom. The van der Waals surface area contributed by atoms with Gasteiger partial charge in [-0.15, -0.1) is 11.3 Å². The van der Waals surface area contributed by atoms with Gasteiger partial charge in [-0.05, 0) is 69.7 Å². The van der Waals surface area contributed by atoms with Crippen molar-refractivity contribution in [3.63, 3.8) is 0 Å². The van der Waals surface area contributed by atoms with Crippen LogP contribution in [0.15, 0.2) is 12.1 Å². The van der Waals surface area contributed by atoms with Crippen LogP contribution in [0.25, 0.3) is 0 Å². The van der Waals surface area contributed by atoms with Crippen molar-refractivity contribution < 1.29 is 18.0 Å². The Morgan fingerprint density at radius 2 is 2.03 bits per heavy atom. The van der Waals surface area contributed by atoms with Gasteiger partial charge in [0.15, 0.2) is 0 Å². The molecule has 0 spiro atoms. The first-order valence-corrected chi connectivity index (χ1v) is 14.0. The smallest absolute Gasteiger partial charge is 0.243 e. The predicted molar refractivity (Wildman–Crippen MR) is 129 cm³/mol. The van der Waals surface area contributed by atoms with E-state index in [1.54, 1.807) is 6.07 Å². The summed E-state index contributed by atoms with van der Waals surface area (Å²) in [6.07, 6.45) is 5.51. The lowest BCUT2D eigenvalue weighted by atomic mass is 9.91. The Hall–Kier alpha value is -2.02. The number of carbonyl (C=O) groups is 2. The summed E-state index contributed by atoms with van der Waals surface area (Å²) in [6, 6.07) is 2.07. The molecule has 0 bridgehead atoms. The van der Waals surface area contributed by atoms with E-state index in [-0.39, 0.29) is 24.2 Å². The maximum atomic E-state index is 13.3. The van der Waals surface area contributed by atoms with Crippen LogP contribution in [-0.4, -0.2) is 68.9 Å². The first kappa shape index (κ1) is 25.6. The van der Waals surface area contributed by atoms with E-state index in [0.29, 0.717) is 36.6 Å². The molecule has 3 heterocycles. The van der Waals surface area contributed by atoms with Gasteiger partial charge in [0.25, 0.3) is 0 Å². The summed E-state index contributed by atoms with van der Waals surface area (Å²) in [5.74, 6) is -0.137. The molecule has 2 aliphatic heterocycles. The van der Waals surface area contributed by atoms with E-state index in [2.05, 4.69) is 15.4 Å². The maximum absolute atomic E-state index is 13.3. The van der Waals surface area contributed by atoms with Crippen molar-refractivity contribution in [2.45, 2.75) is 57.2 Å². The van der Waals surface area contributed by atoms with Crippen molar-refractivity contribution in [3.05, 3.63) is 21.9 Å². The number of hydrogen-bond acceptors (Lipinski definition) is 7. The van der Waals surface area contributed by atoms with Gasteiger partial charge >= 0.3 is 0 Å². The quantitative estimate of drug-likeness (QED) is 0.231. The van der Waals surface area contributed by atoms with Crippen LogP contribution in [0, 0.1) is 11.3 Å². The van der Waals surface area contributed by atoms with Crippen LogP contribution in [0.5, 0.6) is 0 Å². The summed E-state index contributed by atoms with van der Waals surface area (Å²) in [7, 11) is -3.58. The molecule has 0 aliphatic carbocycles. The Bertz CT molecular complexity index is 958. The van der Waals surface area contributed by atoms with Gasteiger partial charge in [-0.2, -0.15) is 0 Å². The maximum Gasteiger partial charge on any atom is 0.243 e. The molecule has 10 nitrogen and oxygen atoms in total. The fourth-order valence-corrected chi connectivity index (χ4v) is 6.02. The molecule has 3 rings (SSSR count). The van der Waals surface area contributed by atoms with Crippen molar-refractivity contribution >= 4 is 39.0 Å². The molecular formula is C21H34N6O4S2. The van der Waals surface area contributed by atoms with Crippen molar-refractivity contribution in [3.8, 4) is 0 Å². The largest absolute Gasteiger partial charge is 0.383 e. The molecule has 2 fully saturated rings. The molecule has 0 radical (unpaired) electrons. The predicted octanol–water partition coefficient (Wildman–Crippen LogP) is 0.337.